The Hall–Kier alpha value is -2.73. The van der Waals surface area contributed by atoms with Gasteiger partial charge in [0.05, 0.1) is 6.04 Å². The molecule has 2 rings (SSSR count). The predicted octanol–water partition coefficient (Wildman–Crippen LogP) is 4.40. The van der Waals surface area contributed by atoms with E-state index in [2.05, 4.69) is 0 Å². The van der Waals surface area contributed by atoms with Crippen LogP contribution in [0, 0.1) is 11.6 Å². The van der Waals surface area contributed by atoms with Crippen molar-refractivity contribution >= 4 is 12.0 Å². The van der Waals surface area contributed by atoms with Gasteiger partial charge >= 0.3 is 0 Å². The molecule has 0 aromatic heterocycles. The molecule has 0 aliphatic heterocycles. The Morgan fingerprint density at radius 1 is 1.25 bits per heavy atom. The van der Waals surface area contributed by atoms with Crippen molar-refractivity contribution in [2.75, 3.05) is 0 Å². The van der Waals surface area contributed by atoms with Crippen LogP contribution < -0.4 is 4.74 Å². The highest BCUT2D eigenvalue weighted by Gasteiger charge is 2.10. The number of ether oxygens (including phenoxy) is 1. The Balaban J connectivity index is 2.12. The normalized spacial score (nSPS) is 12.2. The van der Waals surface area contributed by atoms with Crippen molar-refractivity contribution in [2.45, 2.75) is 19.9 Å². The minimum atomic E-state index is -0.790. The highest BCUT2D eigenvalue weighted by molar-refractivity contribution is 5.72. The summed E-state index contributed by atoms with van der Waals surface area (Å²) in [5, 5.41) is 10.1. The lowest BCUT2D eigenvalue weighted by Crippen LogP contribution is -2.32. The third-order valence-electron chi connectivity index (χ3n) is 3.26. The minimum absolute atomic E-state index is 0.0796. The molecule has 1 N–H and O–H groups in total. The second-order valence-electron chi connectivity index (χ2n) is 5.21. The zero-order valence-electron chi connectivity index (χ0n) is 13.2. The van der Waals surface area contributed by atoms with E-state index in [1.54, 1.807) is 43.3 Å². The molecular weight excluding hydrogens is 316 g/mol. The number of nitrogens with zero attached hydrogens (tertiary/aromatic N) is 1. The van der Waals surface area contributed by atoms with E-state index >= 15 is 0 Å². The highest BCUT2D eigenvalue weighted by Crippen LogP contribution is 2.26. The summed E-state index contributed by atoms with van der Waals surface area (Å²) in [4.78, 5) is 11.1. The van der Waals surface area contributed by atoms with Gasteiger partial charge in [0, 0.05) is 13.0 Å². The number of carbonyl (C=O) groups is 1. The van der Waals surface area contributed by atoms with Crippen LogP contribution in [0.25, 0.3) is 6.08 Å². The number of amides is 1. The van der Waals surface area contributed by atoms with Crippen LogP contribution in [0.1, 0.15) is 19.4 Å². The maximum absolute atomic E-state index is 13.6. The molecule has 1 atom stereocenters. The molecule has 6 heteroatoms. The van der Waals surface area contributed by atoms with Crippen LogP contribution in [0.15, 0.2) is 48.5 Å². The Morgan fingerprint density at radius 2 is 2.00 bits per heavy atom. The molecule has 0 heterocycles. The molecule has 24 heavy (non-hydrogen) atoms. The summed E-state index contributed by atoms with van der Waals surface area (Å²) < 4.78 is 31.9. The van der Waals surface area contributed by atoms with Crippen LogP contribution >= 0.6 is 0 Å². The zero-order valence-corrected chi connectivity index (χ0v) is 13.2. The van der Waals surface area contributed by atoms with Gasteiger partial charge in [-0.1, -0.05) is 24.3 Å². The summed E-state index contributed by atoms with van der Waals surface area (Å²) in [6.07, 6.45) is 3.34. The maximum atomic E-state index is 13.6. The van der Waals surface area contributed by atoms with Crippen LogP contribution in [0.3, 0.4) is 0 Å². The fraction of sp³-hybridized carbons (Fsp3) is 0.167. The van der Waals surface area contributed by atoms with Crippen LogP contribution in [0.2, 0.25) is 0 Å². The number of hydrogen-bond acceptors (Lipinski definition) is 3. The largest absolute Gasteiger partial charge is 0.454 e. The molecule has 0 fully saturated rings. The third-order valence-corrected chi connectivity index (χ3v) is 3.26. The summed E-state index contributed by atoms with van der Waals surface area (Å²) in [7, 11) is 0. The first kappa shape index (κ1) is 17.6. The molecule has 2 aromatic carbocycles. The van der Waals surface area contributed by atoms with Gasteiger partial charge in [0.25, 0.3) is 0 Å². The van der Waals surface area contributed by atoms with Gasteiger partial charge in [0.1, 0.15) is 11.6 Å². The molecule has 1 unspecified atom stereocenters. The lowest BCUT2D eigenvalue weighted by molar-refractivity contribution is -0.167. The molecule has 0 aliphatic rings. The Kier molecular flexibility index (Phi) is 5.65. The van der Waals surface area contributed by atoms with Crippen LogP contribution in [0.5, 0.6) is 11.5 Å². The Labute approximate surface area is 138 Å². The van der Waals surface area contributed by atoms with Gasteiger partial charge in [0.2, 0.25) is 5.91 Å². The van der Waals surface area contributed by atoms with Gasteiger partial charge in [-0.2, -0.15) is 0 Å². The SMILES string of the molecule is CC(=O)N(O)C(C)C=Cc1cccc(Oc2ccc(F)cc2F)c1. The van der Waals surface area contributed by atoms with Crippen molar-refractivity contribution in [3.05, 3.63) is 65.7 Å². The van der Waals surface area contributed by atoms with Crippen molar-refractivity contribution in [1.29, 1.82) is 0 Å². The van der Waals surface area contributed by atoms with E-state index in [4.69, 9.17) is 4.74 Å². The lowest BCUT2D eigenvalue weighted by atomic mass is 10.1. The van der Waals surface area contributed by atoms with Gasteiger partial charge in [-0.15, -0.1) is 0 Å². The number of carbonyl (C=O) groups excluding carboxylic acids is 1. The molecular formula is C18H17F2NO3. The van der Waals surface area contributed by atoms with Crippen molar-refractivity contribution < 1.29 is 23.5 Å². The van der Waals surface area contributed by atoms with Gasteiger partial charge in [-0.05, 0) is 36.8 Å². The third kappa shape index (κ3) is 4.63. The first-order valence-corrected chi connectivity index (χ1v) is 7.26. The average Bonchev–Trinajstić information content (AvgIpc) is 2.55. The second kappa shape index (κ2) is 7.70. The van der Waals surface area contributed by atoms with E-state index in [0.717, 1.165) is 17.7 Å². The van der Waals surface area contributed by atoms with Crippen LogP contribution in [-0.4, -0.2) is 22.2 Å². The van der Waals surface area contributed by atoms with Crippen molar-refractivity contribution in [1.82, 2.24) is 5.06 Å². The summed E-state index contributed by atoms with van der Waals surface area (Å²) in [6.45, 7) is 2.92. The number of hydroxylamine groups is 2. The van der Waals surface area contributed by atoms with E-state index in [-0.39, 0.29) is 5.75 Å². The quantitative estimate of drug-likeness (QED) is 0.652. The number of benzene rings is 2. The smallest absolute Gasteiger partial charge is 0.243 e. The van der Waals surface area contributed by atoms with E-state index in [1.165, 1.54) is 13.0 Å². The molecule has 2 aromatic rings. The van der Waals surface area contributed by atoms with Crippen molar-refractivity contribution in [3.8, 4) is 11.5 Å². The molecule has 126 valence electrons. The summed E-state index contributed by atoms with van der Waals surface area (Å²) in [5.74, 6) is -1.63. The topological polar surface area (TPSA) is 49.8 Å². The van der Waals surface area contributed by atoms with Crippen LogP contribution in [-0.2, 0) is 4.79 Å². The summed E-state index contributed by atoms with van der Waals surface area (Å²) in [6, 6.07) is 9.36. The van der Waals surface area contributed by atoms with Crippen molar-refractivity contribution in [2.24, 2.45) is 0 Å². The Morgan fingerprint density at radius 3 is 2.67 bits per heavy atom. The van der Waals surface area contributed by atoms with Gasteiger partial charge in [-0.25, -0.2) is 13.8 Å². The van der Waals surface area contributed by atoms with Gasteiger partial charge in [-0.3, -0.25) is 10.0 Å². The fourth-order valence-electron chi connectivity index (χ4n) is 1.99. The van der Waals surface area contributed by atoms with E-state index in [0.29, 0.717) is 10.8 Å². The fourth-order valence-corrected chi connectivity index (χ4v) is 1.99. The molecule has 4 nitrogen and oxygen atoms in total. The minimum Gasteiger partial charge on any atom is -0.454 e. The molecule has 0 bridgehead atoms. The maximum Gasteiger partial charge on any atom is 0.243 e. The van der Waals surface area contributed by atoms with E-state index < -0.39 is 23.6 Å². The molecule has 0 saturated heterocycles. The van der Waals surface area contributed by atoms with Crippen LogP contribution in [0.4, 0.5) is 8.78 Å². The van der Waals surface area contributed by atoms with E-state index in [1.807, 2.05) is 0 Å². The second-order valence-corrected chi connectivity index (χ2v) is 5.21. The predicted molar refractivity (Wildman–Crippen MR) is 85.7 cm³/mol. The number of rotatable bonds is 5. The average molecular weight is 333 g/mol. The Bertz CT molecular complexity index is 762. The lowest BCUT2D eigenvalue weighted by Gasteiger charge is -2.17. The number of halogens is 2. The molecule has 0 radical (unpaired) electrons. The highest BCUT2D eigenvalue weighted by atomic mass is 19.1. The van der Waals surface area contributed by atoms with E-state index in [9.17, 15) is 18.8 Å². The first-order valence-electron chi connectivity index (χ1n) is 7.26. The monoisotopic (exact) mass is 333 g/mol. The van der Waals surface area contributed by atoms with Gasteiger partial charge < -0.3 is 4.74 Å². The standard InChI is InChI=1S/C18H17F2NO3/c1-12(21(23)13(2)22)6-7-14-4-3-5-16(10-14)24-18-9-8-15(19)11-17(18)20/h3-12,23H,1-2H3. The summed E-state index contributed by atoms with van der Waals surface area (Å²) >= 11 is 0. The van der Waals surface area contributed by atoms with Gasteiger partial charge in [0.15, 0.2) is 11.6 Å². The first-order chi connectivity index (χ1) is 11.4. The molecule has 0 saturated carbocycles. The molecule has 0 spiro atoms. The summed E-state index contributed by atoms with van der Waals surface area (Å²) in [5.41, 5.74) is 0.735. The van der Waals surface area contributed by atoms with Crippen molar-refractivity contribution in [3.63, 3.8) is 0 Å². The molecule has 0 aliphatic carbocycles. The zero-order chi connectivity index (χ0) is 17.7. The number of hydrogen-bond donors (Lipinski definition) is 1. The molecule has 1 amide bonds.